The molecule has 0 amide bonds. The molecule has 1 aromatic rings. The van der Waals surface area contributed by atoms with E-state index >= 15 is 0 Å². The Labute approximate surface area is 121 Å². The van der Waals surface area contributed by atoms with Crippen LogP contribution in [0, 0.1) is 13.8 Å². The Morgan fingerprint density at radius 1 is 1.15 bits per heavy atom. The van der Waals surface area contributed by atoms with Gasteiger partial charge in [-0.25, -0.2) is 0 Å². The van der Waals surface area contributed by atoms with Gasteiger partial charge in [0.2, 0.25) is 0 Å². The number of ether oxygens (including phenoxy) is 1. The third kappa shape index (κ3) is 5.82. The molecule has 0 aliphatic rings. The van der Waals surface area contributed by atoms with Gasteiger partial charge >= 0.3 is 0 Å². The van der Waals surface area contributed by atoms with Crippen molar-refractivity contribution in [2.24, 2.45) is 0 Å². The Morgan fingerprint density at radius 3 is 2.35 bits per heavy atom. The molecule has 0 saturated carbocycles. The van der Waals surface area contributed by atoms with E-state index in [2.05, 4.69) is 6.07 Å². The zero-order valence-electron chi connectivity index (χ0n) is 12.7. The van der Waals surface area contributed by atoms with Crippen LogP contribution in [0.5, 0.6) is 0 Å². The molecule has 112 valence electrons. The summed E-state index contributed by atoms with van der Waals surface area (Å²) < 4.78 is 5.03. The van der Waals surface area contributed by atoms with Gasteiger partial charge in [-0.3, -0.25) is 9.69 Å². The minimum Gasteiger partial charge on any atom is -0.395 e. The second kappa shape index (κ2) is 8.84. The highest BCUT2D eigenvalue weighted by Crippen LogP contribution is 2.11. The van der Waals surface area contributed by atoms with Crippen molar-refractivity contribution in [3.8, 4) is 0 Å². The maximum atomic E-state index is 12.2. The third-order valence-corrected chi connectivity index (χ3v) is 3.23. The molecule has 0 radical (unpaired) electrons. The molecular formula is C16H25NO3. The molecule has 1 aromatic carbocycles. The molecule has 0 aromatic heterocycles. The summed E-state index contributed by atoms with van der Waals surface area (Å²) in [7, 11) is 1.65. The summed E-state index contributed by atoms with van der Waals surface area (Å²) >= 11 is 0. The SMILES string of the molecule is COCCN(CCO)CCC(=O)c1cc(C)cc(C)c1. The van der Waals surface area contributed by atoms with Crippen molar-refractivity contribution in [1.82, 2.24) is 4.90 Å². The predicted molar refractivity (Wildman–Crippen MR) is 80.3 cm³/mol. The molecule has 0 aliphatic carbocycles. The van der Waals surface area contributed by atoms with Gasteiger partial charge in [0.1, 0.15) is 0 Å². The van der Waals surface area contributed by atoms with Gasteiger partial charge in [-0.05, 0) is 26.0 Å². The third-order valence-electron chi connectivity index (χ3n) is 3.23. The molecule has 0 aliphatic heterocycles. The smallest absolute Gasteiger partial charge is 0.164 e. The first kappa shape index (κ1) is 16.8. The standard InChI is InChI=1S/C16H25NO3/c1-13-10-14(2)12-15(11-13)16(19)4-5-17(6-8-18)7-9-20-3/h10-12,18H,4-9H2,1-3H3. The number of aliphatic hydroxyl groups is 1. The number of Topliss-reactive ketones (excluding diaryl/α,β-unsaturated/α-hetero) is 1. The van der Waals surface area contributed by atoms with Crippen LogP contribution in [-0.2, 0) is 4.74 Å². The lowest BCUT2D eigenvalue weighted by Crippen LogP contribution is -2.32. The summed E-state index contributed by atoms with van der Waals surface area (Å²) in [5, 5.41) is 9.02. The molecule has 1 rings (SSSR count). The van der Waals surface area contributed by atoms with Crippen LogP contribution >= 0.6 is 0 Å². The lowest BCUT2D eigenvalue weighted by molar-refractivity contribution is 0.0933. The Bertz CT molecular complexity index is 411. The fourth-order valence-corrected chi connectivity index (χ4v) is 2.24. The van der Waals surface area contributed by atoms with Gasteiger partial charge in [0.15, 0.2) is 5.78 Å². The van der Waals surface area contributed by atoms with Crippen molar-refractivity contribution in [3.63, 3.8) is 0 Å². The minimum atomic E-state index is 0.0987. The molecule has 0 unspecified atom stereocenters. The van der Waals surface area contributed by atoms with E-state index in [-0.39, 0.29) is 12.4 Å². The summed E-state index contributed by atoms with van der Waals surface area (Å²) in [4.78, 5) is 14.3. The Morgan fingerprint density at radius 2 is 1.80 bits per heavy atom. The summed E-state index contributed by atoms with van der Waals surface area (Å²) in [6.07, 6.45) is 0.465. The van der Waals surface area contributed by atoms with Gasteiger partial charge in [0, 0.05) is 38.7 Å². The van der Waals surface area contributed by atoms with E-state index in [0.717, 1.165) is 23.2 Å². The van der Waals surface area contributed by atoms with E-state index in [4.69, 9.17) is 9.84 Å². The van der Waals surface area contributed by atoms with Crippen molar-refractivity contribution in [2.75, 3.05) is 40.0 Å². The Balaban J connectivity index is 2.55. The van der Waals surface area contributed by atoms with Crippen LogP contribution in [0.25, 0.3) is 0 Å². The normalized spacial score (nSPS) is 11.1. The quantitative estimate of drug-likeness (QED) is 0.701. The van der Waals surface area contributed by atoms with Gasteiger partial charge in [-0.2, -0.15) is 0 Å². The molecular weight excluding hydrogens is 254 g/mol. The van der Waals surface area contributed by atoms with Gasteiger partial charge in [0.05, 0.1) is 13.2 Å². The van der Waals surface area contributed by atoms with E-state index in [9.17, 15) is 4.79 Å². The van der Waals surface area contributed by atoms with Gasteiger partial charge in [-0.1, -0.05) is 17.2 Å². The van der Waals surface area contributed by atoms with Crippen LogP contribution in [0.2, 0.25) is 0 Å². The van der Waals surface area contributed by atoms with E-state index < -0.39 is 0 Å². The van der Waals surface area contributed by atoms with Gasteiger partial charge in [0.25, 0.3) is 0 Å². The van der Waals surface area contributed by atoms with Crippen LogP contribution in [0.3, 0.4) is 0 Å². The van der Waals surface area contributed by atoms with Crippen molar-refractivity contribution in [2.45, 2.75) is 20.3 Å². The van der Waals surface area contributed by atoms with E-state index in [1.807, 2.05) is 30.9 Å². The largest absolute Gasteiger partial charge is 0.395 e. The summed E-state index contributed by atoms with van der Waals surface area (Å²) in [6, 6.07) is 5.93. The van der Waals surface area contributed by atoms with Crippen molar-refractivity contribution < 1.29 is 14.6 Å². The molecule has 1 N–H and O–H groups in total. The predicted octanol–water partition coefficient (Wildman–Crippen LogP) is 1.82. The molecule has 0 bridgehead atoms. The number of benzene rings is 1. The molecule has 0 heterocycles. The van der Waals surface area contributed by atoms with Crippen molar-refractivity contribution in [3.05, 3.63) is 34.9 Å². The number of hydrogen-bond donors (Lipinski definition) is 1. The number of aryl methyl sites for hydroxylation is 2. The average molecular weight is 279 g/mol. The second-order valence-corrected chi connectivity index (χ2v) is 5.11. The van der Waals surface area contributed by atoms with Crippen LogP contribution in [0.1, 0.15) is 27.9 Å². The number of nitrogens with zero attached hydrogens (tertiary/aromatic N) is 1. The number of aliphatic hydroxyl groups excluding tert-OH is 1. The number of carbonyl (C=O) groups is 1. The molecule has 20 heavy (non-hydrogen) atoms. The van der Waals surface area contributed by atoms with E-state index in [1.165, 1.54) is 0 Å². The zero-order valence-corrected chi connectivity index (χ0v) is 12.7. The van der Waals surface area contributed by atoms with E-state index in [0.29, 0.717) is 26.1 Å². The molecule has 0 spiro atoms. The van der Waals surface area contributed by atoms with Crippen LogP contribution in [0.15, 0.2) is 18.2 Å². The lowest BCUT2D eigenvalue weighted by Gasteiger charge is -2.20. The first-order valence-corrected chi connectivity index (χ1v) is 7.00. The second-order valence-electron chi connectivity index (χ2n) is 5.11. The fraction of sp³-hybridized carbons (Fsp3) is 0.562. The highest BCUT2D eigenvalue weighted by atomic mass is 16.5. The molecule has 0 fully saturated rings. The van der Waals surface area contributed by atoms with Crippen molar-refractivity contribution in [1.29, 1.82) is 0 Å². The molecule has 0 saturated heterocycles. The highest BCUT2D eigenvalue weighted by Gasteiger charge is 2.10. The van der Waals surface area contributed by atoms with Crippen LogP contribution in [0.4, 0.5) is 0 Å². The van der Waals surface area contributed by atoms with Crippen LogP contribution < -0.4 is 0 Å². The summed E-state index contributed by atoms with van der Waals surface area (Å²) in [5.74, 6) is 0.150. The summed E-state index contributed by atoms with van der Waals surface area (Å²) in [5.41, 5.74) is 3.00. The molecule has 4 nitrogen and oxygen atoms in total. The van der Waals surface area contributed by atoms with Crippen LogP contribution in [-0.4, -0.2) is 55.7 Å². The minimum absolute atomic E-state index is 0.0987. The first-order valence-electron chi connectivity index (χ1n) is 7.00. The zero-order chi connectivity index (χ0) is 15.0. The number of ketones is 1. The van der Waals surface area contributed by atoms with Gasteiger partial charge in [-0.15, -0.1) is 0 Å². The monoisotopic (exact) mass is 279 g/mol. The molecule has 0 atom stereocenters. The maximum Gasteiger partial charge on any atom is 0.164 e. The fourth-order valence-electron chi connectivity index (χ4n) is 2.24. The maximum absolute atomic E-state index is 12.2. The number of carbonyl (C=O) groups excluding carboxylic acids is 1. The average Bonchev–Trinajstić information content (AvgIpc) is 2.40. The van der Waals surface area contributed by atoms with Crippen molar-refractivity contribution >= 4 is 5.78 Å². The first-order chi connectivity index (χ1) is 9.56. The van der Waals surface area contributed by atoms with Gasteiger partial charge < -0.3 is 9.84 Å². The topological polar surface area (TPSA) is 49.8 Å². The van der Waals surface area contributed by atoms with E-state index in [1.54, 1.807) is 7.11 Å². The number of rotatable bonds is 9. The Kier molecular flexibility index (Phi) is 7.44. The molecule has 4 heteroatoms. The number of methoxy groups -OCH3 is 1. The summed E-state index contributed by atoms with van der Waals surface area (Å²) in [6.45, 7) is 6.66. The highest BCUT2D eigenvalue weighted by molar-refractivity contribution is 5.96. The number of hydrogen-bond acceptors (Lipinski definition) is 4. The Hall–Kier alpha value is -1.23. The lowest BCUT2D eigenvalue weighted by atomic mass is 10.0.